The molecule has 0 bridgehead atoms. The number of rotatable bonds is 7. The Bertz CT molecular complexity index is 810. The second kappa shape index (κ2) is 9.19. The van der Waals surface area contributed by atoms with Crippen LogP contribution in [0.25, 0.3) is 0 Å². The summed E-state index contributed by atoms with van der Waals surface area (Å²) in [5, 5.41) is 5.75. The van der Waals surface area contributed by atoms with Crippen molar-refractivity contribution in [1.82, 2.24) is 4.90 Å². The van der Waals surface area contributed by atoms with Gasteiger partial charge in [0.2, 0.25) is 11.8 Å². The molecule has 0 aliphatic heterocycles. The molecule has 0 unspecified atom stereocenters. The number of carbonyl (C=O) groups excluding carboxylic acids is 2. The monoisotopic (exact) mass is 369 g/mol. The Labute approximate surface area is 160 Å². The Kier molecular flexibility index (Phi) is 6.96. The van der Waals surface area contributed by atoms with Crippen molar-refractivity contribution in [2.75, 3.05) is 37.9 Å². The molecule has 0 fully saturated rings. The highest BCUT2D eigenvalue weighted by molar-refractivity contribution is 5.96. The number of hydrogen-bond acceptors (Lipinski definition) is 4. The average Bonchev–Trinajstić information content (AvgIpc) is 2.58. The first-order valence-electron chi connectivity index (χ1n) is 8.79. The molecule has 2 aromatic rings. The van der Waals surface area contributed by atoms with E-state index in [1.54, 1.807) is 31.2 Å². The Balaban J connectivity index is 1.90. The number of nitrogens with zero attached hydrogens (tertiary/aromatic N) is 1. The molecule has 6 heteroatoms. The molecule has 0 aliphatic carbocycles. The zero-order chi connectivity index (χ0) is 20.0. The van der Waals surface area contributed by atoms with Crippen LogP contribution in [0.1, 0.15) is 16.7 Å². The van der Waals surface area contributed by atoms with Gasteiger partial charge in [0.15, 0.2) is 0 Å². The number of benzene rings is 2. The lowest BCUT2D eigenvalue weighted by molar-refractivity contribution is -0.119. The first-order valence-corrected chi connectivity index (χ1v) is 8.79. The lowest BCUT2D eigenvalue weighted by Gasteiger charge is -2.18. The highest BCUT2D eigenvalue weighted by Crippen LogP contribution is 2.23. The molecule has 0 aliphatic rings. The van der Waals surface area contributed by atoms with Crippen LogP contribution in [0.2, 0.25) is 0 Å². The number of methoxy groups -OCH3 is 1. The molecule has 0 saturated heterocycles. The number of hydrogen-bond donors (Lipinski definition) is 2. The van der Waals surface area contributed by atoms with Gasteiger partial charge in [-0.1, -0.05) is 29.8 Å². The molecule has 2 rings (SSSR count). The van der Waals surface area contributed by atoms with E-state index < -0.39 is 0 Å². The van der Waals surface area contributed by atoms with E-state index in [4.69, 9.17) is 4.74 Å². The molecular formula is C21H27N3O3. The van der Waals surface area contributed by atoms with Crippen LogP contribution in [-0.2, 0) is 9.59 Å². The van der Waals surface area contributed by atoms with E-state index in [1.807, 2.05) is 45.0 Å². The number of aryl methyl sites for hydroxylation is 3. The molecule has 0 spiro atoms. The van der Waals surface area contributed by atoms with E-state index in [0.29, 0.717) is 11.4 Å². The Morgan fingerprint density at radius 2 is 1.52 bits per heavy atom. The van der Waals surface area contributed by atoms with Crippen LogP contribution in [0.4, 0.5) is 11.4 Å². The molecule has 0 saturated carbocycles. The maximum atomic E-state index is 12.3. The number of para-hydroxylation sites is 2. The predicted octanol–water partition coefficient (Wildman–Crippen LogP) is 3.13. The topological polar surface area (TPSA) is 70.7 Å². The van der Waals surface area contributed by atoms with E-state index in [0.717, 1.165) is 22.4 Å². The molecule has 2 amide bonds. The van der Waals surface area contributed by atoms with Crippen LogP contribution >= 0.6 is 0 Å². The fraction of sp³-hybridized carbons (Fsp3) is 0.333. The minimum Gasteiger partial charge on any atom is -0.495 e. The number of amides is 2. The van der Waals surface area contributed by atoms with Gasteiger partial charge >= 0.3 is 0 Å². The highest BCUT2D eigenvalue weighted by Gasteiger charge is 2.14. The van der Waals surface area contributed by atoms with E-state index in [9.17, 15) is 9.59 Å². The Morgan fingerprint density at radius 1 is 0.963 bits per heavy atom. The summed E-state index contributed by atoms with van der Waals surface area (Å²) in [5.41, 5.74) is 4.65. The Hall–Kier alpha value is -2.86. The third-order valence-corrected chi connectivity index (χ3v) is 4.15. The summed E-state index contributed by atoms with van der Waals surface area (Å²) >= 11 is 0. The molecule has 0 atom stereocenters. The molecule has 0 aromatic heterocycles. The quantitative estimate of drug-likeness (QED) is 0.787. The second-order valence-corrected chi connectivity index (χ2v) is 6.74. The zero-order valence-corrected chi connectivity index (χ0v) is 16.6. The van der Waals surface area contributed by atoms with Crippen LogP contribution in [0.5, 0.6) is 5.75 Å². The van der Waals surface area contributed by atoms with Crippen molar-refractivity contribution >= 4 is 23.2 Å². The first kappa shape index (κ1) is 20.5. The van der Waals surface area contributed by atoms with Crippen LogP contribution < -0.4 is 15.4 Å². The SMILES string of the molecule is COc1ccccc1NC(=O)CN(C)CC(=O)Nc1c(C)cc(C)cc1C. The summed E-state index contributed by atoms with van der Waals surface area (Å²) in [4.78, 5) is 26.3. The van der Waals surface area contributed by atoms with Crippen molar-refractivity contribution in [2.45, 2.75) is 20.8 Å². The van der Waals surface area contributed by atoms with Crippen molar-refractivity contribution in [3.05, 3.63) is 53.1 Å². The van der Waals surface area contributed by atoms with Crippen molar-refractivity contribution < 1.29 is 14.3 Å². The molecule has 6 nitrogen and oxygen atoms in total. The lowest BCUT2D eigenvalue weighted by atomic mass is 10.1. The van der Waals surface area contributed by atoms with Gasteiger partial charge in [0, 0.05) is 5.69 Å². The standard InChI is InChI=1S/C21H27N3O3/c1-14-10-15(2)21(16(3)11-14)23-20(26)13-24(4)12-19(25)22-17-8-6-7-9-18(17)27-5/h6-11H,12-13H2,1-5H3,(H,22,25)(H,23,26). The van der Waals surface area contributed by atoms with Crippen molar-refractivity contribution in [2.24, 2.45) is 0 Å². The molecule has 0 heterocycles. The largest absolute Gasteiger partial charge is 0.495 e. The van der Waals surface area contributed by atoms with E-state index in [2.05, 4.69) is 10.6 Å². The van der Waals surface area contributed by atoms with Crippen LogP contribution in [0.3, 0.4) is 0 Å². The summed E-state index contributed by atoms with van der Waals surface area (Å²) in [6, 6.07) is 11.3. The molecule has 0 radical (unpaired) electrons. The summed E-state index contributed by atoms with van der Waals surface area (Å²) in [6.07, 6.45) is 0. The fourth-order valence-electron chi connectivity index (χ4n) is 3.04. The molecule has 2 aromatic carbocycles. The van der Waals surface area contributed by atoms with Crippen LogP contribution in [0, 0.1) is 20.8 Å². The van der Waals surface area contributed by atoms with Crippen LogP contribution in [-0.4, -0.2) is 44.0 Å². The van der Waals surface area contributed by atoms with Crippen molar-refractivity contribution in [3.8, 4) is 5.75 Å². The van der Waals surface area contributed by atoms with Gasteiger partial charge in [0.05, 0.1) is 25.9 Å². The van der Waals surface area contributed by atoms with E-state index in [1.165, 1.54) is 0 Å². The smallest absolute Gasteiger partial charge is 0.238 e. The number of ether oxygens (including phenoxy) is 1. The van der Waals surface area contributed by atoms with Gasteiger partial charge in [0.1, 0.15) is 5.75 Å². The molecule has 144 valence electrons. The van der Waals surface area contributed by atoms with Crippen LogP contribution in [0.15, 0.2) is 36.4 Å². The lowest BCUT2D eigenvalue weighted by Crippen LogP contribution is -2.36. The third kappa shape index (κ3) is 5.82. The molecule has 2 N–H and O–H groups in total. The summed E-state index contributed by atoms with van der Waals surface area (Å²) in [5.74, 6) is 0.228. The maximum Gasteiger partial charge on any atom is 0.238 e. The summed E-state index contributed by atoms with van der Waals surface area (Å²) in [6.45, 7) is 6.18. The number of anilines is 2. The average molecular weight is 369 g/mol. The second-order valence-electron chi connectivity index (χ2n) is 6.74. The summed E-state index contributed by atoms with van der Waals surface area (Å²) in [7, 11) is 3.28. The van der Waals surface area contributed by atoms with Gasteiger partial charge in [-0.25, -0.2) is 0 Å². The van der Waals surface area contributed by atoms with Gasteiger partial charge < -0.3 is 15.4 Å². The normalized spacial score (nSPS) is 10.6. The maximum absolute atomic E-state index is 12.3. The van der Waals surface area contributed by atoms with Gasteiger partial charge in [-0.2, -0.15) is 0 Å². The number of nitrogens with one attached hydrogen (secondary N) is 2. The minimum absolute atomic E-state index is 0.0946. The minimum atomic E-state index is -0.211. The highest BCUT2D eigenvalue weighted by atomic mass is 16.5. The first-order chi connectivity index (χ1) is 12.8. The Morgan fingerprint density at radius 3 is 2.11 bits per heavy atom. The number of likely N-dealkylation sites (N-methyl/N-ethyl adjacent to an activating group) is 1. The third-order valence-electron chi connectivity index (χ3n) is 4.15. The van der Waals surface area contributed by atoms with E-state index in [-0.39, 0.29) is 24.9 Å². The van der Waals surface area contributed by atoms with Gasteiger partial charge in [0.25, 0.3) is 0 Å². The fourth-order valence-corrected chi connectivity index (χ4v) is 3.04. The molecule has 27 heavy (non-hydrogen) atoms. The predicted molar refractivity (Wildman–Crippen MR) is 108 cm³/mol. The zero-order valence-electron chi connectivity index (χ0n) is 16.6. The van der Waals surface area contributed by atoms with Gasteiger partial charge in [-0.05, 0) is 51.1 Å². The van der Waals surface area contributed by atoms with E-state index >= 15 is 0 Å². The van der Waals surface area contributed by atoms with Crippen molar-refractivity contribution in [3.63, 3.8) is 0 Å². The van der Waals surface area contributed by atoms with Gasteiger partial charge in [-0.15, -0.1) is 0 Å². The van der Waals surface area contributed by atoms with Gasteiger partial charge in [-0.3, -0.25) is 14.5 Å². The summed E-state index contributed by atoms with van der Waals surface area (Å²) < 4.78 is 5.22. The van der Waals surface area contributed by atoms with Crippen molar-refractivity contribution in [1.29, 1.82) is 0 Å². The number of carbonyl (C=O) groups is 2. The molecular weight excluding hydrogens is 342 g/mol.